The summed E-state index contributed by atoms with van der Waals surface area (Å²) in [5, 5.41) is 8.66. The number of sulfonamides is 1. The number of likely N-dealkylation sites (N-methyl/N-ethyl adjacent to an activating group) is 1. The van der Waals surface area contributed by atoms with Crippen molar-refractivity contribution in [2.45, 2.75) is 11.3 Å². The molecule has 1 saturated heterocycles. The van der Waals surface area contributed by atoms with Gasteiger partial charge in [-0.1, -0.05) is 18.2 Å². The Morgan fingerprint density at radius 2 is 1.72 bits per heavy atom. The third kappa shape index (κ3) is 5.25. The van der Waals surface area contributed by atoms with Crippen LogP contribution in [0.3, 0.4) is 0 Å². The average Bonchev–Trinajstić information content (AvgIpc) is 2.61. The molecule has 0 saturated carbocycles. The molecule has 8 nitrogen and oxygen atoms in total. The van der Waals surface area contributed by atoms with Crippen molar-refractivity contribution in [2.75, 3.05) is 46.3 Å². The molecule has 0 radical (unpaired) electrons. The molecule has 1 aliphatic heterocycles. The van der Waals surface area contributed by atoms with Gasteiger partial charge in [0.1, 0.15) is 0 Å². The second-order valence-electron chi connectivity index (χ2n) is 5.98. The molecule has 1 aromatic rings. The van der Waals surface area contributed by atoms with Crippen LogP contribution in [-0.2, 0) is 19.6 Å². The largest absolute Gasteiger partial charge is 0.481 e. The topological polar surface area (TPSA) is 98.2 Å². The molecular formula is C16H23N3O5S. The van der Waals surface area contributed by atoms with Crippen molar-refractivity contribution in [1.82, 2.24) is 14.1 Å². The van der Waals surface area contributed by atoms with Crippen LogP contribution in [-0.4, -0.2) is 85.8 Å². The van der Waals surface area contributed by atoms with Gasteiger partial charge in [-0.25, -0.2) is 8.42 Å². The van der Waals surface area contributed by atoms with Crippen LogP contribution in [0, 0.1) is 0 Å². The Labute approximate surface area is 147 Å². The number of aliphatic carboxylic acids is 1. The van der Waals surface area contributed by atoms with E-state index < -0.39 is 16.0 Å². The lowest BCUT2D eigenvalue weighted by Crippen LogP contribution is -2.52. The summed E-state index contributed by atoms with van der Waals surface area (Å²) in [5.74, 6) is -1.02. The number of carboxylic acids is 1. The van der Waals surface area contributed by atoms with Crippen LogP contribution < -0.4 is 0 Å². The predicted octanol–water partition coefficient (Wildman–Crippen LogP) is -0.0740. The average molecular weight is 369 g/mol. The molecule has 9 heteroatoms. The lowest BCUT2D eigenvalue weighted by atomic mass is 10.3. The number of hydrogen-bond acceptors (Lipinski definition) is 5. The number of carbonyl (C=O) groups is 2. The van der Waals surface area contributed by atoms with Crippen molar-refractivity contribution in [3.05, 3.63) is 30.3 Å². The Balaban J connectivity index is 1.87. The maximum absolute atomic E-state index is 12.5. The maximum Gasteiger partial charge on any atom is 0.304 e. The van der Waals surface area contributed by atoms with Crippen LogP contribution in [0.4, 0.5) is 0 Å². The summed E-state index contributed by atoms with van der Waals surface area (Å²) in [6.07, 6.45) is -0.0210. The molecule has 1 amide bonds. The van der Waals surface area contributed by atoms with E-state index in [2.05, 4.69) is 0 Å². The van der Waals surface area contributed by atoms with E-state index in [9.17, 15) is 18.0 Å². The van der Waals surface area contributed by atoms with Gasteiger partial charge in [-0.15, -0.1) is 0 Å². The summed E-state index contributed by atoms with van der Waals surface area (Å²) >= 11 is 0. The van der Waals surface area contributed by atoms with E-state index >= 15 is 0 Å². The Hall–Kier alpha value is -1.97. The van der Waals surface area contributed by atoms with Crippen molar-refractivity contribution in [3.8, 4) is 0 Å². The summed E-state index contributed by atoms with van der Waals surface area (Å²) in [6, 6.07) is 8.24. The molecule has 1 aliphatic rings. The molecule has 2 rings (SSSR count). The number of benzene rings is 1. The van der Waals surface area contributed by atoms with Gasteiger partial charge in [-0.05, 0) is 19.2 Å². The Morgan fingerprint density at radius 1 is 1.12 bits per heavy atom. The first-order chi connectivity index (χ1) is 11.8. The smallest absolute Gasteiger partial charge is 0.304 e. The minimum Gasteiger partial charge on any atom is -0.481 e. The van der Waals surface area contributed by atoms with E-state index in [1.54, 1.807) is 47.2 Å². The summed E-state index contributed by atoms with van der Waals surface area (Å²) in [6.45, 7) is 1.58. The minimum absolute atomic E-state index is 0.0210. The van der Waals surface area contributed by atoms with Gasteiger partial charge in [-0.3, -0.25) is 14.5 Å². The third-order valence-electron chi connectivity index (χ3n) is 4.08. The first kappa shape index (κ1) is 19.4. The maximum atomic E-state index is 12.5. The van der Waals surface area contributed by atoms with Gasteiger partial charge in [0.2, 0.25) is 15.9 Å². The van der Waals surface area contributed by atoms with Crippen LogP contribution in [0.25, 0.3) is 0 Å². The van der Waals surface area contributed by atoms with Crippen molar-refractivity contribution < 1.29 is 23.1 Å². The first-order valence-corrected chi connectivity index (χ1v) is 9.48. The Bertz CT molecular complexity index is 700. The summed E-state index contributed by atoms with van der Waals surface area (Å²) in [7, 11) is -1.84. The van der Waals surface area contributed by atoms with Gasteiger partial charge >= 0.3 is 5.97 Å². The van der Waals surface area contributed by atoms with Crippen molar-refractivity contribution >= 4 is 21.9 Å². The zero-order chi connectivity index (χ0) is 18.4. The second-order valence-corrected chi connectivity index (χ2v) is 7.92. The summed E-state index contributed by atoms with van der Waals surface area (Å²) < 4.78 is 26.5. The van der Waals surface area contributed by atoms with E-state index in [0.717, 1.165) is 0 Å². The van der Waals surface area contributed by atoms with E-state index in [-0.39, 0.29) is 36.9 Å². The quantitative estimate of drug-likeness (QED) is 0.722. The van der Waals surface area contributed by atoms with Crippen molar-refractivity contribution in [1.29, 1.82) is 0 Å². The number of amides is 1. The molecule has 138 valence electrons. The van der Waals surface area contributed by atoms with Crippen molar-refractivity contribution in [3.63, 3.8) is 0 Å². The van der Waals surface area contributed by atoms with Crippen LogP contribution >= 0.6 is 0 Å². The summed E-state index contributed by atoms with van der Waals surface area (Å²) in [5.41, 5.74) is 0. The molecule has 0 bridgehead atoms. The molecule has 0 unspecified atom stereocenters. The fourth-order valence-corrected chi connectivity index (χ4v) is 4.06. The van der Waals surface area contributed by atoms with E-state index in [1.807, 2.05) is 0 Å². The number of carbonyl (C=O) groups excluding carboxylic acids is 1. The molecule has 0 aliphatic carbocycles. The third-order valence-corrected chi connectivity index (χ3v) is 6.00. The number of piperazine rings is 1. The monoisotopic (exact) mass is 369 g/mol. The molecule has 1 fully saturated rings. The SMILES string of the molecule is CN(CCC(=O)O)CC(=O)N1CCN(S(=O)(=O)c2ccccc2)CC1. The number of nitrogens with zero attached hydrogens (tertiary/aromatic N) is 3. The lowest BCUT2D eigenvalue weighted by Gasteiger charge is -2.34. The van der Waals surface area contributed by atoms with Gasteiger partial charge in [0.05, 0.1) is 17.9 Å². The summed E-state index contributed by atoms with van der Waals surface area (Å²) in [4.78, 5) is 26.3. The van der Waals surface area contributed by atoms with E-state index in [0.29, 0.717) is 19.6 Å². The van der Waals surface area contributed by atoms with Gasteiger partial charge in [0.15, 0.2) is 0 Å². The van der Waals surface area contributed by atoms with Gasteiger partial charge in [-0.2, -0.15) is 4.31 Å². The van der Waals surface area contributed by atoms with E-state index in [1.165, 1.54) is 4.31 Å². The Morgan fingerprint density at radius 3 is 2.28 bits per heavy atom. The van der Waals surface area contributed by atoms with Gasteiger partial charge in [0.25, 0.3) is 0 Å². The lowest BCUT2D eigenvalue weighted by molar-refractivity contribution is -0.138. The van der Waals surface area contributed by atoms with Crippen molar-refractivity contribution in [2.24, 2.45) is 0 Å². The van der Waals surface area contributed by atoms with E-state index in [4.69, 9.17) is 5.11 Å². The zero-order valence-corrected chi connectivity index (χ0v) is 15.0. The number of rotatable bonds is 7. The Kier molecular flexibility index (Phi) is 6.51. The van der Waals surface area contributed by atoms with Crippen LogP contribution in [0.15, 0.2) is 35.2 Å². The molecule has 1 aromatic carbocycles. The molecule has 25 heavy (non-hydrogen) atoms. The molecule has 1 N–H and O–H groups in total. The highest BCUT2D eigenvalue weighted by molar-refractivity contribution is 7.89. The fourth-order valence-electron chi connectivity index (χ4n) is 2.62. The highest BCUT2D eigenvalue weighted by Crippen LogP contribution is 2.17. The first-order valence-electron chi connectivity index (χ1n) is 8.04. The molecule has 0 atom stereocenters. The molecule has 0 spiro atoms. The van der Waals surface area contributed by atoms with Crippen LogP contribution in [0.1, 0.15) is 6.42 Å². The van der Waals surface area contributed by atoms with Gasteiger partial charge < -0.3 is 10.0 Å². The minimum atomic E-state index is -3.53. The highest BCUT2D eigenvalue weighted by Gasteiger charge is 2.30. The fraction of sp³-hybridized carbons (Fsp3) is 0.500. The number of hydrogen-bond donors (Lipinski definition) is 1. The zero-order valence-electron chi connectivity index (χ0n) is 14.2. The van der Waals surface area contributed by atoms with Gasteiger partial charge in [0, 0.05) is 32.7 Å². The second kappa shape index (κ2) is 8.41. The van der Waals surface area contributed by atoms with Crippen LogP contribution in [0.5, 0.6) is 0 Å². The normalized spacial score (nSPS) is 16.2. The standard InChI is InChI=1S/C16H23N3O5S/c1-17(8-7-16(21)22)13-15(20)18-9-11-19(12-10-18)25(23,24)14-5-3-2-4-6-14/h2-6H,7-13H2,1H3,(H,21,22). The predicted molar refractivity (Wildman–Crippen MR) is 91.5 cm³/mol. The van der Waals surface area contributed by atoms with Crippen LogP contribution in [0.2, 0.25) is 0 Å². The number of carboxylic acid groups (broad SMARTS) is 1. The molecule has 0 aromatic heterocycles. The molecular weight excluding hydrogens is 346 g/mol. The highest BCUT2D eigenvalue weighted by atomic mass is 32.2. The molecule has 1 heterocycles.